The molecule has 5 aromatic rings. The summed E-state index contributed by atoms with van der Waals surface area (Å²) >= 11 is 1.86. The predicted molar refractivity (Wildman–Crippen MR) is 141 cm³/mol. The van der Waals surface area contributed by atoms with Gasteiger partial charge in [0.2, 0.25) is 0 Å². The molecule has 6 rings (SSSR count). The van der Waals surface area contributed by atoms with E-state index in [2.05, 4.69) is 84.4 Å². The largest absolute Gasteiger partial charge is 0.354 e. The van der Waals surface area contributed by atoms with Gasteiger partial charge in [0.25, 0.3) is 0 Å². The number of hydrogen-bond donors (Lipinski definition) is 2. The maximum atomic E-state index is 4.67. The molecule has 0 aliphatic heterocycles. The number of nitrogens with zero attached hydrogens (tertiary/aromatic N) is 2. The van der Waals surface area contributed by atoms with E-state index >= 15 is 0 Å². The fraction of sp³-hybridized carbons (Fsp3) is 0.357. The van der Waals surface area contributed by atoms with Gasteiger partial charge >= 0.3 is 0 Å². The Balaban J connectivity index is 1.40. The van der Waals surface area contributed by atoms with Gasteiger partial charge in [-0.3, -0.25) is 0 Å². The molecule has 3 heterocycles. The van der Waals surface area contributed by atoms with E-state index in [1.807, 2.05) is 11.3 Å². The molecular formula is C28H30N4S. The van der Waals surface area contributed by atoms with Crippen LogP contribution in [0, 0.1) is 11.3 Å². The highest BCUT2D eigenvalue weighted by molar-refractivity contribution is 7.19. The Morgan fingerprint density at radius 2 is 2.00 bits per heavy atom. The summed E-state index contributed by atoms with van der Waals surface area (Å²) in [5.41, 5.74) is 6.61. The molecule has 0 spiro atoms. The molecule has 33 heavy (non-hydrogen) atoms. The van der Waals surface area contributed by atoms with E-state index in [0.29, 0.717) is 5.41 Å². The Morgan fingerprint density at radius 3 is 2.82 bits per heavy atom. The molecule has 4 nitrogen and oxygen atoms in total. The number of nitrogens with one attached hydrogen (secondary N) is 2. The van der Waals surface area contributed by atoms with Crippen LogP contribution >= 0.6 is 11.3 Å². The second-order valence-corrected chi connectivity index (χ2v) is 11.5. The van der Waals surface area contributed by atoms with Gasteiger partial charge < -0.3 is 10.3 Å². The minimum atomic E-state index is 0.341. The topological polar surface area (TPSA) is 53.6 Å². The zero-order chi connectivity index (χ0) is 22.7. The SMILES string of the molecule is CCc1cccc2c1[nH]c1cc(Nc3ncnc4sc5c(c34)CCC(C(C)(C)C)C5)ccc12. The van der Waals surface area contributed by atoms with Crippen LogP contribution in [0.2, 0.25) is 0 Å². The fourth-order valence-corrected chi connectivity index (χ4v) is 6.71. The van der Waals surface area contributed by atoms with Gasteiger partial charge in [-0.15, -0.1) is 11.3 Å². The van der Waals surface area contributed by atoms with Crippen LogP contribution in [0.1, 0.15) is 50.1 Å². The number of fused-ring (bicyclic) bond motifs is 6. The van der Waals surface area contributed by atoms with Crippen LogP contribution in [0.4, 0.5) is 11.5 Å². The Morgan fingerprint density at radius 1 is 1.12 bits per heavy atom. The number of hydrogen-bond acceptors (Lipinski definition) is 4. The number of aromatic amines is 1. The third-order valence-electron chi connectivity index (χ3n) is 7.43. The molecule has 2 aromatic carbocycles. The first-order valence-corrected chi connectivity index (χ1v) is 12.8. The fourth-order valence-electron chi connectivity index (χ4n) is 5.44. The van der Waals surface area contributed by atoms with Crippen LogP contribution in [0.15, 0.2) is 42.7 Å². The first-order chi connectivity index (χ1) is 15.9. The molecule has 0 radical (unpaired) electrons. The van der Waals surface area contributed by atoms with Crippen molar-refractivity contribution in [3.63, 3.8) is 0 Å². The highest BCUT2D eigenvalue weighted by Gasteiger charge is 2.31. The summed E-state index contributed by atoms with van der Waals surface area (Å²) in [4.78, 5) is 15.6. The van der Waals surface area contributed by atoms with Crippen LogP contribution in [0.25, 0.3) is 32.0 Å². The van der Waals surface area contributed by atoms with Gasteiger partial charge in [-0.2, -0.15) is 0 Å². The molecule has 0 amide bonds. The van der Waals surface area contributed by atoms with Gasteiger partial charge in [0.1, 0.15) is 17.0 Å². The number of aromatic nitrogens is 3. The van der Waals surface area contributed by atoms with Crippen LogP contribution in [0.5, 0.6) is 0 Å². The third-order valence-corrected chi connectivity index (χ3v) is 8.60. The lowest BCUT2D eigenvalue weighted by atomic mass is 9.72. The number of rotatable bonds is 3. The molecule has 0 saturated carbocycles. The Labute approximate surface area is 198 Å². The van der Waals surface area contributed by atoms with Crippen molar-refractivity contribution in [2.75, 3.05) is 5.32 Å². The molecule has 5 heteroatoms. The molecular weight excluding hydrogens is 424 g/mol. The summed E-state index contributed by atoms with van der Waals surface area (Å²) in [6, 6.07) is 13.1. The third kappa shape index (κ3) is 3.41. The monoisotopic (exact) mass is 454 g/mol. The number of anilines is 2. The lowest BCUT2D eigenvalue weighted by Gasteiger charge is -2.33. The number of thiophene rings is 1. The van der Waals surface area contributed by atoms with Gasteiger partial charge in [0.05, 0.1) is 5.39 Å². The van der Waals surface area contributed by atoms with Crippen molar-refractivity contribution in [1.82, 2.24) is 15.0 Å². The van der Waals surface area contributed by atoms with Crippen LogP contribution in [-0.4, -0.2) is 15.0 Å². The summed E-state index contributed by atoms with van der Waals surface area (Å²) in [6.07, 6.45) is 6.22. The number of benzene rings is 2. The minimum absolute atomic E-state index is 0.341. The number of H-pyrrole nitrogens is 1. The predicted octanol–water partition coefficient (Wildman–Crippen LogP) is 7.78. The zero-order valence-corrected chi connectivity index (χ0v) is 20.6. The standard InChI is InChI=1S/C28H30N4S/c1-5-16-7-6-8-20-19-12-10-18(14-22(19)32-25(16)20)31-26-24-21-11-9-17(28(2,3)4)13-23(21)33-27(24)30-15-29-26/h6-8,10,12,14-15,17,32H,5,9,11,13H2,1-4H3,(H,29,30,31). The average Bonchev–Trinajstić information content (AvgIpc) is 3.36. The summed E-state index contributed by atoms with van der Waals surface area (Å²) in [5.74, 6) is 1.65. The molecule has 1 aliphatic rings. The normalized spacial score (nSPS) is 16.5. The second kappa shape index (κ2) is 7.56. The highest BCUT2D eigenvalue weighted by atomic mass is 32.1. The van der Waals surface area contributed by atoms with Gasteiger partial charge in [0.15, 0.2) is 0 Å². The van der Waals surface area contributed by atoms with E-state index in [9.17, 15) is 0 Å². The molecule has 1 atom stereocenters. The maximum Gasteiger partial charge on any atom is 0.142 e. The number of aryl methyl sites for hydroxylation is 2. The van der Waals surface area contributed by atoms with E-state index < -0.39 is 0 Å². The Bertz CT molecular complexity index is 1500. The van der Waals surface area contributed by atoms with Crippen molar-refractivity contribution in [3.05, 3.63) is 58.7 Å². The van der Waals surface area contributed by atoms with Crippen LogP contribution in [-0.2, 0) is 19.3 Å². The average molecular weight is 455 g/mol. The van der Waals surface area contributed by atoms with Crippen molar-refractivity contribution in [1.29, 1.82) is 0 Å². The molecule has 1 unspecified atom stereocenters. The van der Waals surface area contributed by atoms with Gasteiger partial charge in [0, 0.05) is 32.4 Å². The van der Waals surface area contributed by atoms with Crippen molar-refractivity contribution in [2.24, 2.45) is 11.3 Å². The van der Waals surface area contributed by atoms with E-state index in [-0.39, 0.29) is 0 Å². The Kier molecular flexibility index (Phi) is 4.73. The molecule has 0 bridgehead atoms. The van der Waals surface area contributed by atoms with E-state index in [4.69, 9.17) is 0 Å². The van der Waals surface area contributed by atoms with Crippen molar-refractivity contribution in [2.45, 2.75) is 53.4 Å². The zero-order valence-electron chi connectivity index (χ0n) is 19.7. The lowest BCUT2D eigenvalue weighted by Crippen LogP contribution is -2.26. The minimum Gasteiger partial charge on any atom is -0.354 e. The Hall–Kier alpha value is -2.92. The summed E-state index contributed by atoms with van der Waals surface area (Å²) in [7, 11) is 0. The molecule has 168 valence electrons. The highest BCUT2D eigenvalue weighted by Crippen LogP contribution is 2.44. The molecule has 2 N–H and O–H groups in total. The molecule has 0 saturated heterocycles. The molecule has 1 aliphatic carbocycles. The quantitative estimate of drug-likeness (QED) is 0.293. The van der Waals surface area contributed by atoms with E-state index in [0.717, 1.165) is 47.0 Å². The summed E-state index contributed by atoms with van der Waals surface area (Å²) in [6.45, 7) is 9.31. The van der Waals surface area contributed by atoms with Gasteiger partial charge in [-0.25, -0.2) is 9.97 Å². The van der Waals surface area contributed by atoms with Crippen LogP contribution in [0.3, 0.4) is 0 Å². The van der Waals surface area contributed by atoms with Crippen molar-refractivity contribution < 1.29 is 0 Å². The van der Waals surface area contributed by atoms with E-state index in [1.54, 1.807) is 6.33 Å². The van der Waals surface area contributed by atoms with E-state index in [1.165, 1.54) is 44.1 Å². The lowest BCUT2D eigenvalue weighted by molar-refractivity contribution is 0.218. The van der Waals surface area contributed by atoms with Crippen LogP contribution < -0.4 is 5.32 Å². The first-order valence-electron chi connectivity index (χ1n) is 12.0. The maximum absolute atomic E-state index is 4.67. The van der Waals surface area contributed by atoms with Gasteiger partial charge in [-0.05, 0) is 60.3 Å². The van der Waals surface area contributed by atoms with Crippen molar-refractivity contribution in [3.8, 4) is 0 Å². The molecule has 0 fully saturated rings. The number of para-hydroxylation sites is 1. The van der Waals surface area contributed by atoms with Crippen molar-refractivity contribution >= 4 is 54.9 Å². The molecule has 3 aromatic heterocycles. The second-order valence-electron chi connectivity index (χ2n) is 10.4. The smallest absolute Gasteiger partial charge is 0.142 e. The van der Waals surface area contributed by atoms with Gasteiger partial charge in [-0.1, -0.05) is 52.0 Å². The summed E-state index contributed by atoms with van der Waals surface area (Å²) in [5, 5.41) is 7.40. The first kappa shape index (κ1) is 20.7. The summed E-state index contributed by atoms with van der Waals surface area (Å²) < 4.78 is 0.